The average molecular weight is 196 g/mol. The second kappa shape index (κ2) is 3.32. The number of rotatable bonds is 1. The third-order valence-electron chi connectivity index (χ3n) is 2.91. The van der Waals surface area contributed by atoms with Gasteiger partial charge in [0.05, 0.1) is 0 Å². The topological polar surface area (TPSA) is 26.0 Å². The molecule has 1 aromatic carbocycles. The van der Waals surface area contributed by atoms with E-state index in [1.54, 1.807) is 0 Å². The van der Waals surface area contributed by atoms with Gasteiger partial charge in [-0.15, -0.1) is 0 Å². The summed E-state index contributed by atoms with van der Waals surface area (Å²) >= 11 is 5.82. The summed E-state index contributed by atoms with van der Waals surface area (Å²) in [5.74, 6) is 0. The molecule has 70 valence electrons. The zero-order valence-corrected chi connectivity index (χ0v) is 8.35. The molecule has 2 N–H and O–H groups in total. The van der Waals surface area contributed by atoms with Crippen LogP contribution in [0.1, 0.15) is 31.2 Å². The van der Waals surface area contributed by atoms with Crippen LogP contribution < -0.4 is 5.73 Å². The van der Waals surface area contributed by atoms with Gasteiger partial charge in [0.25, 0.3) is 0 Å². The summed E-state index contributed by atoms with van der Waals surface area (Å²) in [5.41, 5.74) is 7.44. The minimum atomic E-state index is -0.0788. The van der Waals surface area contributed by atoms with Crippen LogP contribution in [0, 0.1) is 0 Å². The third kappa shape index (κ3) is 1.72. The number of hydrogen-bond acceptors (Lipinski definition) is 1. The van der Waals surface area contributed by atoms with Gasteiger partial charge in [0, 0.05) is 10.6 Å². The fraction of sp³-hybridized carbons (Fsp3) is 0.455. The maximum atomic E-state index is 6.29. The zero-order chi connectivity index (χ0) is 9.31. The number of hydrogen-bond donors (Lipinski definition) is 1. The molecular weight excluding hydrogens is 182 g/mol. The Balaban J connectivity index is 2.29. The van der Waals surface area contributed by atoms with E-state index in [0.717, 1.165) is 17.9 Å². The minimum absolute atomic E-state index is 0.0788. The first kappa shape index (κ1) is 9.04. The molecule has 0 bridgehead atoms. The second-order valence-corrected chi connectivity index (χ2v) is 4.31. The van der Waals surface area contributed by atoms with Gasteiger partial charge in [-0.3, -0.25) is 0 Å². The van der Waals surface area contributed by atoms with Crippen molar-refractivity contribution in [3.63, 3.8) is 0 Å². The number of nitrogens with two attached hydrogens (primary N) is 1. The van der Waals surface area contributed by atoms with Crippen LogP contribution in [-0.4, -0.2) is 0 Å². The van der Waals surface area contributed by atoms with Gasteiger partial charge in [-0.05, 0) is 30.5 Å². The van der Waals surface area contributed by atoms with E-state index in [2.05, 4.69) is 0 Å². The number of benzene rings is 1. The monoisotopic (exact) mass is 195 g/mol. The Hall–Kier alpha value is -0.530. The molecule has 0 atom stereocenters. The van der Waals surface area contributed by atoms with E-state index in [0.29, 0.717) is 0 Å². The molecule has 1 aromatic rings. The van der Waals surface area contributed by atoms with E-state index in [1.807, 2.05) is 24.3 Å². The molecule has 1 fully saturated rings. The van der Waals surface area contributed by atoms with Crippen LogP contribution in [0.15, 0.2) is 24.3 Å². The summed E-state index contributed by atoms with van der Waals surface area (Å²) < 4.78 is 0. The van der Waals surface area contributed by atoms with Crippen LogP contribution in [0.5, 0.6) is 0 Å². The summed E-state index contributed by atoms with van der Waals surface area (Å²) in [4.78, 5) is 0. The fourth-order valence-corrected chi connectivity index (χ4v) is 2.20. The van der Waals surface area contributed by atoms with Crippen LogP contribution in [0.25, 0.3) is 0 Å². The molecule has 13 heavy (non-hydrogen) atoms. The fourth-order valence-electron chi connectivity index (χ4n) is 2.08. The lowest BCUT2D eigenvalue weighted by Gasteiger charge is -2.23. The largest absolute Gasteiger partial charge is 0.321 e. The molecule has 0 aliphatic heterocycles. The predicted octanol–water partition coefficient (Wildman–Crippen LogP) is 3.07. The van der Waals surface area contributed by atoms with E-state index in [4.69, 9.17) is 17.3 Å². The van der Waals surface area contributed by atoms with Crippen LogP contribution in [0.4, 0.5) is 0 Å². The van der Waals surface area contributed by atoms with Gasteiger partial charge in [0.2, 0.25) is 0 Å². The van der Waals surface area contributed by atoms with Gasteiger partial charge in [-0.2, -0.15) is 0 Å². The summed E-state index contributed by atoms with van der Waals surface area (Å²) in [6.07, 6.45) is 4.71. The summed E-state index contributed by atoms with van der Waals surface area (Å²) in [6, 6.07) is 7.94. The Morgan fingerprint density at radius 2 is 1.62 bits per heavy atom. The van der Waals surface area contributed by atoms with Crippen LogP contribution in [-0.2, 0) is 5.54 Å². The molecule has 0 amide bonds. The summed E-state index contributed by atoms with van der Waals surface area (Å²) in [5, 5.41) is 0.783. The molecule has 0 heterocycles. The normalized spacial score (nSPS) is 20.5. The van der Waals surface area contributed by atoms with Gasteiger partial charge in [-0.25, -0.2) is 0 Å². The van der Waals surface area contributed by atoms with Gasteiger partial charge in [0.1, 0.15) is 0 Å². The lowest BCUT2D eigenvalue weighted by Crippen LogP contribution is -2.32. The highest BCUT2D eigenvalue weighted by Crippen LogP contribution is 2.36. The maximum Gasteiger partial charge on any atom is 0.0409 e. The Labute approximate surface area is 83.9 Å². The van der Waals surface area contributed by atoms with E-state index in [-0.39, 0.29) is 5.54 Å². The number of halogens is 1. The minimum Gasteiger partial charge on any atom is -0.321 e. The standard InChI is InChI=1S/C11H14ClN/c12-10-5-3-9(4-6-10)11(13)7-1-2-8-11/h3-6H,1-2,7-8,13H2. The quantitative estimate of drug-likeness (QED) is 0.733. The predicted molar refractivity (Wildman–Crippen MR) is 55.8 cm³/mol. The van der Waals surface area contributed by atoms with Crippen molar-refractivity contribution in [1.82, 2.24) is 0 Å². The van der Waals surface area contributed by atoms with Gasteiger partial charge in [0.15, 0.2) is 0 Å². The molecule has 2 heteroatoms. The highest BCUT2D eigenvalue weighted by atomic mass is 35.5. The molecule has 0 spiro atoms. The molecule has 0 radical (unpaired) electrons. The van der Waals surface area contributed by atoms with Crippen molar-refractivity contribution in [1.29, 1.82) is 0 Å². The Morgan fingerprint density at radius 1 is 1.08 bits per heavy atom. The molecule has 2 rings (SSSR count). The molecule has 1 nitrogen and oxygen atoms in total. The van der Waals surface area contributed by atoms with Gasteiger partial charge >= 0.3 is 0 Å². The summed E-state index contributed by atoms with van der Waals surface area (Å²) in [7, 11) is 0. The van der Waals surface area contributed by atoms with Crippen molar-refractivity contribution in [2.24, 2.45) is 5.73 Å². The smallest absolute Gasteiger partial charge is 0.0409 e. The van der Waals surface area contributed by atoms with Crippen molar-refractivity contribution in [3.05, 3.63) is 34.9 Å². The van der Waals surface area contributed by atoms with E-state index >= 15 is 0 Å². The molecule has 1 saturated carbocycles. The van der Waals surface area contributed by atoms with Crippen LogP contribution in [0.3, 0.4) is 0 Å². The van der Waals surface area contributed by atoms with E-state index < -0.39 is 0 Å². The Kier molecular flexibility index (Phi) is 2.31. The molecule has 1 aliphatic carbocycles. The van der Waals surface area contributed by atoms with Crippen molar-refractivity contribution in [2.45, 2.75) is 31.2 Å². The lowest BCUT2D eigenvalue weighted by atomic mass is 9.90. The maximum absolute atomic E-state index is 6.29. The van der Waals surface area contributed by atoms with Crippen molar-refractivity contribution < 1.29 is 0 Å². The van der Waals surface area contributed by atoms with Gasteiger partial charge < -0.3 is 5.73 Å². The van der Waals surface area contributed by atoms with Crippen molar-refractivity contribution in [2.75, 3.05) is 0 Å². The highest BCUT2D eigenvalue weighted by Gasteiger charge is 2.30. The third-order valence-corrected chi connectivity index (χ3v) is 3.17. The first-order valence-electron chi connectivity index (χ1n) is 4.76. The lowest BCUT2D eigenvalue weighted by molar-refractivity contribution is 0.462. The van der Waals surface area contributed by atoms with Gasteiger partial charge in [-0.1, -0.05) is 36.6 Å². The first-order chi connectivity index (χ1) is 6.21. The van der Waals surface area contributed by atoms with Crippen molar-refractivity contribution in [3.8, 4) is 0 Å². The molecule has 1 aliphatic rings. The van der Waals surface area contributed by atoms with E-state index in [1.165, 1.54) is 18.4 Å². The Morgan fingerprint density at radius 3 is 2.15 bits per heavy atom. The molecule has 0 saturated heterocycles. The van der Waals surface area contributed by atoms with Crippen LogP contribution >= 0.6 is 11.6 Å². The average Bonchev–Trinajstić information content (AvgIpc) is 2.54. The van der Waals surface area contributed by atoms with Crippen LogP contribution in [0.2, 0.25) is 5.02 Å². The molecular formula is C11H14ClN. The first-order valence-corrected chi connectivity index (χ1v) is 5.13. The SMILES string of the molecule is NC1(c2ccc(Cl)cc2)CCCC1. The Bertz CT molecular complexity index is 285. The van der Waals surface area contributed by atoms with Crippen molar-refractivity contribution >= 4 is 11.6 Å². The zero-order valence-electron chi connectivity index (χ0n) is 7.59. The molecule has 0 unspecified atom stereocenters. The highest BCUT2D eigenvalue weighted by molar-refractivity contribution is 6.30. The second-order valence-electron chi connectivity index (χ2n) is 3.87. The van der Waals surface area contributed by atoms with E-state index in [9.17, 15) is 0 Å². The molecule has 0 aromatic heterocycles. The summed E-state index contributed by atoms with van der Waals surface area (Å²) in [6.45, 7) is 0.